The number of piperidine rings is 1. The van der Waals surface area contributed by atoms with E-state index in [9.17, 15) is 9.59 Å². The van der Waals surface area contributed by atoms with Crippen LogP contribution in [0.25, 0.3) is 0 Å². The van der Waals surface area contributed by atoms with Gasteiger partial charge in [0, 0.05) is 50.2 Å². The summed E-state index contributed by atoms with van der Waals surface area (Å²) in [6.45, 7) is 8.08. The zero-order valence-electron chi connectivity index (χ0n) is 19.4. The molecule has 3 aromatic heterocycles. The summed E-state index contributed by atoms with van der Waals surface area (Å²) in [5, 5.41) is 6.92. The number of aromatic nitrogens is 4. The van der Waals surface area contributed by atoms with Gasteiger partial charge in [-0.2, -0.15) is 0 Å². The van der Waals surface area contributed by atoms with Gasteiger partial charge in [0.1, 0.15) is 11.3 Å². The second kappa shape index (κ2) is 9.97. The molecule has 9 nitrogen and oxygen atoms in total. The SMILES string of the molecule is Cc1ccc(C(=O)NCCCn2ccnc2)c(C2CCN(C(=O)c3c(C)noc3C)CC2)n1. The van der Waals surface area contributed by atoms with Crippen molar-refractivity contribution >= 4 is 11.8 Å². The van der Waals surface area contributed by atoms with E-state index in [4.69, 9.17) is 9.51 Å². The highest BCUT2D eigenvalue weighted by Gasteiger charge is 2.30. The van der Waals surface area contributed by atoms with Gasteiger partial charge < -0.3 is 19.3 Å². The molecule has 0 unspecified atom stereocenters. The molecule has 1 fully saturated rings. The van der Waals surface area contributed by atoms with Crippen molar-refractivity contribution < 1.29 is 14.1 Å². The summed E-state index contributed by atoms with van der Waals surface area (Å²) in [6, 6.07) is 3.74. The molecule has 9 heteroatoms. The number of carbonyl (C=O) groups is 2. The lowest BCUT2D eigenvalue weighted by molar-refractivity contribution is 0.0708. The Morgan fingerprint density at radius 2 is 1.97 bits per heavy atom. The average Bonchev–Trinajstić information content (AvgIpc) is 3.45. The molecule has 1 N–H and O–H groups in total. The molecular formula is C24H30N6O3. The molecule has 0 atom stereocenters. The van der Waals surface area contributed by atoms with Gasteiger partial charge in [0.05, 0.1) is 23.3 Å². The van der Waals surface area contributed by atoms with Crippen molar-refractivity contribution in [3.05, 3.63) is 64.8 Å². The van der Waals surface area contributed by atoms with Gasteiger partial charge in [-0.15, -0.1) is 0 Å². The van der Waals surface area contributed by atoms with E-state index >= 15 is 0 Å². The second-order valence-corrected chi connectivity index (χ2v) is 8.56. The smallest absolute Gasteiger partial charge is 0.259 e. The minimum Gasteiger partial charge on any atom is -0.361 e. The van der Waals surface area contributed by atoms with E-state index in [2.05, 4.69) is 15.5 Å². The van der Waals surface area contributed by atoms with Crippen LogP contribution in [-0.4, -0.2) is 56.0 Å². The van der Waals surface area contributed by atoms with Gasteiger partial charge in [-0.05, 0) is 52.2 Å². The molecule has 0 aromatic carbocycles. The number of likely N-dealkylation sites (tertiary alicyclic amines) is 1. The number of rotatable bonds is 7. The number of hydrogen-bond acceptors (Lipinski definition) is 6. The number of nitrogens with zero attached hydrogens (tertiary/aromatic N) is 5. The first kappa shape index (κ1) is 22.7. The molecule has 33 heavy (non-hydrogen) atoms. The molecule has 0 saturated carbocycles. The summed E-state index contributed by atoms with van der Waals surface area (Å²) in [5.74, 6) is 0.535. The van der Waals surface area contributed by atoms with Gasteiger partial charge in [0.15, 0.2) is 0 Å². The van der Waals surface area contributed by atoms with E-state index in [-0.39, 0.29) is 17.7 Å². The molecule has 1 saturated heterocycles. The summed E-state index contributed by atoms with van der Waals surface area (Å²) < 4.78 is 7.15. The van der Waals surface area contributed by atoms with Crippen LogP contribution in [0.4, 0.5) is 0 Å². The second-order valence-electron chi connectivity index (χ2n) is 8.56. The number of amides is 2. The Kier molecular flexibility index (Phi) is 6.86. The van der Waals surface area contributed by atoms with Crippen LogP contribution in [0, 0.1) is 20.8 Å². The Balaban J connectivity index is 1.38. The molecule has 1 aliphatic heterocycles. The van der Waals surface area contributed by atoms with Crippen molar-refractivity contribution in [3.8, 4) is 0 Å². The predicted octanol–water partition coefficient (Wildman–Crippen LogP) is 3.03. The number of nitrogens with one attached hydrogen (secondary N) is 1. The van der Waals surface area contributed by atoms with Crippen LogP contribution in [0.1, 0.15) is 68.7 Å². The lowest BCUT2D eigenvalue weighted by Crippen LogP contribution is -2.39. The monoisotopic (exact) mass is 450 g/mol. The van der Waals surface area contributed by atoms with Crippen LogP contribution < -0.4 is 5.32 Å². The fourth-order valence-electron chi connectivity index (χ4n) is 4.36. The van der Waals surface area contributed by atoms with Crippen molar-refractivity contribution in [2.24, 2.45) is 0 Å². The highest BCUT2D eigenvalue weighted by atomic mass is 16.5. The number of carbonyl (C=O) groups excluding carboxylic acids is 2. The van der Waals surface area contributed by atoms with Gasteiger partial charge in [0.2, 0.25) is 0 Å². The Morgan fingerprint density at radius 1 is 1.18 bits per heavy atom. The summed E-state index contributed by atoms with van der Waals surface area (Å²) >= 11 is 0. The van der Waals surface area contributed by atoms with Crippen molar-refractivity contribution in [1.29, 1.82) is 0 Å². The first-order chi connectivity index (χ1) is 15.9. The number of imidazole rings is 1. The first-order valence-corrected chi connectivity index (χ1v) is 11.4. The normalized spacial score (nSPS) is 14.5. The summed E-state index contributed by atoms with van der Waals surface area (Å²) in [7, 11) is 0. The fourth-order valence-corrected chi connectivity index (χ4v) is 4.36. The van der Waals surface area contributed by atoms with Crippen LogP contribution in [-0.2, 0) is 6.54 Å². The largest absolute Gasteiger partial charge is 0.361 e. The molecule has 1 aliphatic rings. The minimum atomic E-state index is -0.0997. The Hall–Kier alpha value is -3.49. The zero-order valence-corrected chi connectivity index (χ0v) is 19.4. The maximum absolute atomic E-state index is 12.9. The third-order valence-electron chi connectivity index (χ3n) is 6.16. The molecule has 0 spiro atoms. The van der Waals surface area contributed by atoms with Gasteiger partial charge in [0.25, 0.3) is 11.8 Å². The van der Waals surface area contributed by atoms with Gasteiger partial charge in [-0.3, -0.25) is 14.6 Å². The number of hydrogen-bond donors (Lipinski definition) is 1. The van der Waals surface area contributed by atoms with Gasteiger partial charge in [-0.25, -0.2) is 4.98 Å². The van der Waals surface area contributed by atoms with Crippen LogP contribution in [0.5, 0.6) is 0 Å². The topological polar surface area (TPSA) is 106 Å². The van der Waals surface area contributed by atoms with Crippen molar-refractivity contribution in [2.45, 2.75) is 52.5 Å². The van der Waals surface area contributed by atoms with Crippen LogP contribution in [0.3, 0.4) is 0 Å². The standard InChI is InChI=1S/C24H30N6O3/c1-16-5-6-20(23(31)26-9-4-11-29-14-10-25-15-29)22(27-16)19-7-12-30(13-8-19)24(32)21-17(2)28-33-18(21)3/h5-6,10,14-15,19H,4,7-9,11-13H2,1-3H3,(H,26,31). The molecule has 174 valence electrons. The molecule has 0 aliphatic carbocycles. The zero-order chi connectivity index (χ0) is 23.4. The van der Waals surface area contributed by atoms with Gasteiger partial charge >= 0.3 is 0 Å². The molecular weight excluding hydrogens is 420 g/mol. The van der Waals surface area contributed by atoms with E-state index in [1.165, 1.54) is 0 Å². The first-order valence-electron chi connectivity index (χ1n) is 11.4. The highest BCUT2D eigenvalue weighted by molar-refractivity contribution is 5.96. The molecule has 0 radical (unpaired) electrons. The van der Waals surface area contributed by atoms with E-state index in [0.29, 0.717) is 42.2 Å². The quantitative estimate of drug-likeness (QED) is 0.555. The highest BCUT2D eigenvalue weighted by Crippen LogP contribution is 2.30. The van der Waals surface area contributed by atoms with E-state index in [0.717, 1.165) is 37.2 Å². The van der Waals surface area contributed by atoms with Crippen molar-refractivity contribution in [2.75, 3.05) is 19.6 Å². The van der Waals surface area contributed by atoms with Gasteiger partial charge in [-0.1, -0.05) is 5.16 Å². The van der Waals surface area contributed by atoms with Crippen LogP contribution >= 0.6 is 0 Å². The van der Waals surface area contributed by atoms with Crippen LogP contribution in [0.15, 0.2) is 35.4 Å². The third-order valence-corrected chi connectivity index (χ3v) is 6.16. The Labute approximate surface area is 193 Å². The molecule has 3 aromatic rings. The molecule has 0 bridgehead atoms. The number of aryl methyl sites for hydroxylation is 4. The molecule has 4 rings (SSSR count). The molecule has 4 heterocycles. The number of pyridine rings is 1. The fraction of sp³-hybridized carbons (Fsp3) is 0.458. The molecule has 2 amide bonds. The van der Waals surface area contributed by atoms with Crippen molar-refractivity contribution in [1.82, 2.24) is 29.9 Å². The van der Waals surface area contributed by atoms with Crippen LogP contribution in [0.2, 0.25) is 0 Å². The Morgan fingerprint density at radius 3 is 2.64 bits per heavy atom. The van der Waals surface area contributed by atoms with E-state index in [1.54, 1.807) is 26.4 Å². The van der Waals surface area contributed by atoms with E-state index in [1.807, 2.05) is 34.7 Å². The maximum Gasteiger partial charge on any atom is 0.259 e. The van der Waals surface area contributed by atoms with E-state index < -0.39 is 0 Å². The third kappa shape index (κ3) is 5.13. The lowest BCUT2D eigenvalue weighted by atomic mass is 9.89. The predicted molar refractivity (Wildman–Crippen MR) is 122 cm³/mol. The minimum absolute atomic E-state index is 0.0437. The van der Waals surface area contributed by atoms with Crippen molar-refractivity contribution in [3.63, 3.8) is 0 Å². The Bertz CT molecular complexity index is 1090. The maximum atomic E-state index is 12.9. The lowest BCUT2D eigenvalue weighted by Gasteiger charge is -2.32. The summed E-state index contributed by atoms with van der Waals surface area (Å²) in [5.41, 5.74) is 3.51. The average molecular weight is 451 g/mol. The summed E-state index contributed by atoms with van der Waals surface area (Å²) in [6.07, 6.45) is 7.76. The summed E-state index contributed by atoms with van der Waals surface area (Å²) in [4.78, 5) is 36.5.